The molecule has 6 nitrogen and oxygen atoms in total. The van der Waals surface area contributed by atoms with Crippen molar-refractivity contribution in [3.63, 3.8) is 0 Å². The Morgan fingerprint density at radius 1 is 1.38 bits per heavy atom. The molecule has 0 radical (unpaired) electrons. The van der Waals surface area contributed by atoms with Crippen molar-refractivity contribution >= 4 is 17.2 Å². The Balaban J connectivity index is 1.65. The number of thiophene rings is 1. The van der Waals surface area contributed by atoms with Crippen LogP contribution >= 0.6 is 11.3 Å². The molecule has 1 aromatic carbocycles. The molecule has 1 N–H and O–H groups in total. The van der Waals surface area contributed by atoms with Gasteiger partial charge in [-0.25, -0.2) is 4.39 Å². The van der Waals surface area contributed by atoms with Gasteiger partial charge in [0, 0.05) is 37.2 Å². The van der Waals surface area contributed by atoms with Crippen LogP contribution in [0, 0.1) is 11.7 Å². The highest BCUT2D eigenvalue weighted by Gasteiger charge is 2.33. The van der Waals surface area contributed by atoms with Crippen molar-refractivity contribution in [3.8, 4) is 5.75 Å². The van der Waals surface area contributed by atoms with Gasteiger partial charge in [-0.2, -0.15) is 0 Å². The first kappa shape index (κ1) is 26.3. The van der Waals surface area contributed by atoms with Crippen LogP contribution in [0.1, 0.15) is 30.3 Å². The Hall–Kier alpha value is -2.26. The maximum atomic E-state index is 13.6. The number of rotatable bonds is 13. The molecule has 0 bridgehead atoms. The van der Waals surface area contributed by atoms with Crippen molar-refractivity contribution in [1.82, 2.24) is 9.80 Å². The highest BCUT2D eigenvalue weighted by molar-refractivity contribution is 7.10. The van der Waals surface area contributed by atoms with Crippen molar-refractivity contribution in [2.24, 2.45) is 5.92 Å². The number of benzene rings is 1. The molecule has 0 saturated heterocycles. The van der Waals surface area contributed by atoms with Gasteiger partial charge in [0.25, 0.3) is 0 Å². The summed E-state index contributed by atoms with van der Waals surface area (Å²) in [6.45, 7) is 10.5. The maximum Gasteiger partial charge on any atom is 0.237 e. The summed E-state index contributed by atoms with van der Waals surface area (Å²) in [5.74, 6) is 0.432. The van der Waals surface area contributed by atoms with Crippen LogP contribution in [-0.4, -0.2) is 72.9 Å². The Bertz CT molecular complexity index is 935. The van der Waals surface area contributed by atoms with Gasteiger partial charge in [0.15, 0.2) is 0 Å². The summed E-state index contributed by atoms with van der Waals surface area (Å²) in [5, 5.41) is 12.4. The van der Waals surface area contributed by atoms with Crippen molar-refractivity contribution in [1.29, 1.82) is 0 Å². The Kier molecular flexibility index (Phi) is 10.1. The molecule has 186 valence electrons. The number of amides is 1. The van der Waals surface area contributed by atoms with Crippen molar-refractivity contribution in [3.05, 3.63) is 64.6 Å². The van der Waals surface area contributed by atoms with Crippen LogP contribution in [0.5, 0.6) is 5.75 Å². The molecule has 0 spiro atoms. The van der Waals surface area contributed by atoms with Crippen LogP contribution in [0.4, 0.5) is 4.39 Å². The fraction of sp³-hybridized carbons (Fsp3) is 0.500. The van der Waals surface area contributed by atoms with Crippen molar-refractivity contribution < 1.29 is 23.8 Å². The van der Waals surface area contributed by atoms with E-state index in [1.807, 2.05) is 21.2 Å². The molecule has 1 aromatic heterocycles. The van der Waals surface area contributed by atoms with Crippen LogP contribution in [0.2, 0.25) is 0 Å². The topological polar surface area (TPSA) is 62.2 Å². The SMILES string of the molecule is C=CCN(CC(=O)N1CCc2sccc2[C@H]1COc1cccc(F)c1)C[C@H](O)COCC(C)C. The average Bonchev–Trinajstić information content (AvgIpc) is 3.26. The Morgan fingerprint density at radius 3 is 2.94 bits per heavy atom. The molecule has 34 heavy (non-hydrogen) atoms. The van der Waals surface area contributed by atoms with Crippen LogP contribution in [0.3, 0.4) is 0 Å². The van der Waals surface area contributed by atoms with Gasteiger partial charge in [-0.3, -0.25) is 9.69 Å². The minimum absolute atomic E-state index is 0.0400. The fourth-order valence-electron chi connectivity index (χ4n) is 4.07. The second kappa shape index (κ2) is 13.0. The van der Waals surface area contributed by atoms with E-state index in [4.69, 9.17) is 9.47 Å². The number of hydrogen-bond donors (Lipinski definition) is 1. The maximum absolute atomic E-state index is 13.6. The van der Waals surface area contributed by atoms with Gasteiger partial charge < -0.3 is 19.5 Å². The van der Waals surface area contributed by atoms with E-state index in [0.717, 1.165) is 12.0 Å². The Morgan fingerprint density at radius 2 is 2.21 bits per heavy atom. The molecular weight excluding hydrogens is 455 g/mol. The predicted octanol–water partition coefficient (Wildman–Crippen LogP) is 3.91. The molecule has 8 heteroatoms. The minimum atomic E-state index is -0.691. The largest absolute Gasteiger partial charge is 0.491 e. The molecule has 2 heterocycles. The summed E-state index contributed by atoms with van der Waals surface area (Å²) in [4.78, 5) is 18.4. The number of hydrogen-bond acceptors (Lipinski definition) is 6. The summed E-state index contributed by atoms with van der Waals surface area (Å²) in [6, 6.07) is 7.82. The van der Waals surface area contributed by atoms with Crippen LogP contribution in [0.25, 0.3) is 0 Å². The summed E-state index contributed by atoms with van der Waals surface area (Å²) in [7, 11) is 0. The molecule has 1 aliphatic rings. The second-order valence-electron chi connectivity index (χ2n) is 8.99. The number of carbonyl (C=O) groups is 1. The number of aliphatic hydroxyl groups is 1. The first-order valence-electron chi connectivity index (χ1n) is 11.7. The number of halogens is 1. The highest BCUT2D eigenvalue weighted by Crippen LogP contribution is 2.34. The average molecular weight is 491 g/mol. The van der Waals surface area contributed by atoms with Crippen molar-refractivity contribution in [2.75, 3.05) is 46.0 Å². The van der Waals surface area contributed by atoms with Crippen LogP contribution < -0.4 is 4.74 Å². The summed E-state index contributed by atoms with van der Waals surface area (Å²) < 4.78 is 25.0. The zero-order chi connectivity index (χ0) is 24.5. The van der Waals surface area contributed by atoms with E-state index < -0.39 is 6.10 Å². The zero-order valence-electron chi connectivity index (χ0n) is 20.0. The lowest BCUT2D eigenvalue weighted by Crippen LogP contribution is -2.48. The lowest BCUT2D eigenvalue weighted by atomic mass is 10.0. The molecular formula is C26H35FN2O4S. The zero-order valence-corrected chi connectivity index (χ0v) is 20.8. The number of carbonyl (C=O) groups excluding carboxylic acids is 1. The normalized spacial score (nSPS) is 16.5. The van der Waals surface area contributed by atoms with E-state index in [0.29, 0.717) is 37.9 Å². The minimum Gasteiger partial charge on any atom is -0.491 e. The van der Waals surface area contributed by atoms with E-state index >= 15 is 0 Å². The smallest absolute Gasteiger partial charge is 0.237 e. The number of fused-ring (bicyclic) bond motifs is 1. The lowest BCUT2D eigenvalue weighted by molar-refractivity contribution is -0.136. The molecule has 1 amide bonds. The molecule has 0 unspecified atom stereocenters. The van der Waals surface area contributed by atoms with Crippen molar-refractivity contribution in [2.45, 2.75) is 32.4 Å². The van der Waals surface area contributed by atoms with E-state index in [9.17, 15) is 14.3 Å². The van der Waals surface area contributed by atoms with Gasteiger partial charge in [-0.15, -0.1) is 17.9 Å². The lowest BCUT2D eigenvalue weighted by Gasteiger charge is -2.37. The van der Waals surface area contributed by atoms with E-state index in [1.165, 1.54) is 17.0 Å². The van der Waals surface area contributed by atoms with E-state index in [2.05, 4.69) is 20.4 Å². The molecule has 1 aliphatic heterocycles. The summed E-state index contributed by atoms with van der Waals surface area (Å²) in [6.07, 6.45) is 1.83. The van der Waals surface area contributed by atoms with Crippen LogP contribution in [0.15, 0.2) is 48.4 Å². The van der Waals surface area contributed by atoms with Crippen LogP contribution in [-0.2, 0) is 16.0 Å². The summed E-state index contributed by atoms with van der Waals surface area (Å²) >= 11 is 1.68. The van der Waals surface area contributed by atoms with Gasteiger partial charge >= 0.3 is 0 Å². The predicted molar refractivity (Wildman–Crippen MR) is 133 cm³/mol. The molecule has 2 atom stereocenters. The standard InChI is InChI=1S/C26H35FN2O4S/c1-4-10-28(14-21(30)17-32-16-19(2)3)15-26(31)29-11-8-25-23(9-12-34-25)24(29)18-33-22-7-5-6-20(27)13-22/h4-7,9,12-13,19,21,24,30H,1,8,10-11,14-18H2,2-3H3/t21-,24+/m0/s1. The van der Waals surface area contributed by atoms with E-state index in [-0.39, 0.29) is 37.5 Å². The summed E-state index contributed by atoms with van der Waals surface area (Å²) in [5.41, 5.74) is 1.08. The molecule has 3 rings (SSSR count). The molecule has 2 aromatic rings. The molecule has 0 saturated carbocycles. The van der Waals surface area contributed by atoms with E-state index in [1.54, 1.807) is 29.5 Å². The molecule has 0 aliphatic carbocycles. The monoisotopic (exact) mass is 490 g/mol. The Labute approximate surface area is 205 Å². The van der Waals surface area contributed by atoms with Gasteiger partial charge in [0.2, 0.25) is 5.91 Å². The number of nitrogens with zero attached hydrogens (tertiary/aromatic N) is 2. The second-order valence-corrected chi connectivity index (χ2v) is 9.99. The first-order valence-corrected chi connectivity index (χ1v) is 12.6. The third kappa shape index (κ3) is 7.63. The quantitative estimate of drug-likeness (QED) is 0.432. The van der Waals surface area contributed by atoms with Gasteiger partial charge in [-0.05, 0) is 41.5 Å². The highest BCUT2D eigenvalue weighted by atomic mass is 32.1. The van der Waals surface area contributed by atoms with Gasteiger partial charge in [-0.1, -0.05) is 26.0 Å². The number of ether oxygens (including phenoxy) is 2. The van der Waals surface area contributed by atoms with Gasteiger partial charge in [0.1, 0.15) is 18.2 Å². The fourth-order valence-corrected chi connectivity index (χ4v) is 4.99. The third-order valence-electron chi connectivity index (χ3n) is 5.60. The third-order valence-corrected chi connectivity index (χ3v) is 6.59. The number of aliphatic hydroxyl groups excluding tert-OH is 1. The van der Waals surface area contributed by atoms with Gasteiger partial charge in [0.05, 0.1) is 25.3 Å². The molecule has 0 fully saturated rings. The first-order chi connectivity index (χ1) is 16.4.